The normalized spacial score (nSPS) is 10.8. The Morgan fingerprint density at radius 3 is 2.35 bits per heavy atom. The van der Waals surface area contributed by atoms with Crippen molar-refractivity contribution in [2.24, 2.45) is 5.29 Å². The molecule has 2 aromatic rings. The molecule has 26 heavy (non-hydrogen) atoms. The minimum absolute atomic E-state index is 0.0140. The van der Waals surface area contributed by atoms with Crippen LogP contribution in [0.5, 0.6) is 5.75 Å². The molecule has 8 heteroatoms. The van der Waals surface area contributed by atoms with Crippen molar-refractivity contribution in [1.82, 2.24) is 5.32 Å². The first-order valence-corrected chi connectivity index (χ1v) is 7.73. The van der Waals surface area contributed by atoms with Crippen LogP contribution in [-0.2, 0) is 4.79 Å². The summed E-state index contributed by atoms with van der Waals surface area (Å²) in [5.41, 5.74) is -1.69. The summed E-state index contributed by atoms with van der Waals surface area (Å²) in [5, 5.41) is 5.95. The SMILES string of the molecule is CNC(=O)c1ccc(N(N=O)C(C)(C)C(=O)Oc2ccccc2)cc1F. The van der Waals surface area contributed by atoms with Gasteiger partial charge in [0.25, 0.3) is 5.91 Å². The predicted octanol–water partition coefficient (Wildman–Crippen LogP) is 3.06. The highest BCUT2D eigenvalue weighted by atomic mass is 19.1. The lowest BCUT2D eigenvalue weighted by Crippen LogP contribution is -2.49. The van der Waals surface area contributed by atoms with Crippen molar-refractivity contribution in [3.05, 3.63) is 64.8 Å². The summed E-state index contributed by atoms with van der Waals surface area (Å²) < 4.78 is 19.4. The van der Waals surface area contributed by atoms with Crippen LogP contribution in [-0.4, -0.2) is 24.5 Å². The zero-order valence-corrected chi connectivity index (χ0v) is 14.5. The molecule has 0 fully saturated rings. The van der Waals surface area contributed by atoms with Crippen molar-refractivity contribution in [2.45, 2.75) is 19.4 Å². The first kappa shape index (κ1) is 19.0. The molecule has 0 atom stereocenters. The van der Waals surface area contributed by atoms with Crippen molar-refractivity contribution < 1.29 is 18.7 Å². The van der Waals surface area contributed by atoms with E-state index >= 15 is 0 Å². The van der Waals surface area contributed by atoms with Gasteiger partial charge in [0, 0.05) is 13.1 Å². The van der Waals surface area contributed by atoms with E-state index < -0.39 is 23.2 Å². The van der Waals surface area contributed by atoms with Crippen molar-refractivity contribution in [2.75, 3.05) is 12.1 Å². The summed E-state index contributed by atoms with van der Waals surface area (Å²) >= 11 is 0. The number of hydrogen-bond donors (Lipinski definition) is 1. The second kappa shape index (κ2) is 7.73. The molecule has 2 rings (SSSR count). The Bertz CT molecular complexity index is 824. The number of carbonyl (C=O) groups is 2. The van der Waals surface area contributed by atoms with Gasteiger partial charge in [0.1, 0.15) is 11.6 Å². The molecule has 0 aliphatic carbocycles. The van der Waals surface area contributed by atoms with E-state index in [0.29, 0.717) is 5.75 Å². The quantitative estimate of drug-likeness (QED) is 0.371. The number of nitrogens with one attached hydrogen (secondary N) is 1. The Labute approximate surface area is 149 Å². The van der Waals surface area contributed by atoms with Gasteiger partial charge in [-0.2, -0.15) is 0 Å². The predicted molar refractivity (Wildman–Crippen MR) is 94.2 cm³/mol. The number of anilines is 1. The highest BCUT2D eigenvalue weighted by Crippen LogP contribution is 2.28. The van der Waals surface area contributed by atoms with Crippen molar-refractivity contribution in [3.8, 4) is 5.75 Å². The van der Waals surface area contributed by atoms with Gasteiger partial charge < -0.3 is 10.1 Å². The third-order valence-electron chi connectivity index (χ3n) is 3.73. The van der Waals surface area contributed by atoms with Gasteiger partial charge in [-0.3, -0.25) is 4.79 Å². The highest BCUT2D eigenvalue weighted by molar-refractivity contribution is 5.94. The number of halogens is 1. The van der Waals surface area contributed by atoms with Crippen molar-refractivity contribution in [1.29, 1.82) is 0 Å². The monoisotopic (exact) mass is 359 g/mol. The molecule has 0 unspecified atom stereocenters. The summed E-state index contributed by atoms with van der Waals surface area (Å²) in [4.78, 5) is 35.4. The Balaban J connectivity index is 2.31. The van der Waals surface area contributed by atoms with Gasteiger partial charge in [0.2, 0.25) is 0 Å². The fourth-order valence-corrected chi connectivity index (χ4v) is 2.23. The number of benzene rings is 2. The third-order valence-corrected chi connectivity index (χ3v) is 3.73. The fourth-order valence-electron chi connectivity index (χ4n) is 2.23. The van der Waals surface area contributed by atoms with Gasteiger partial charge in [-0.05, 0) is 38.1 Å². The van der Waals surface area contributed by atoms with Crippen LogP contribution in [0.4, 0.5) is 10.1 Å². The number of carbonyl (C=O) groups excluding carboxylic acids is 2. The van der Waals surface area contributed by atoms with Crippen LogP contribution in [0, 0.1) is 10.7 Å². The Morgan fingerprint density at radius 1 is 1.15 bits per heavy atom. The number of nitrogens with zero attached hydrogens (tertiary/aromatic N) is 2. The lowest BCUT2D eigenvalue weighted by atomic mass is 10.0. The molecule has 136 valence electrons. The summed E-state index contributed by atoms with van der Waals surface area (Å²) in [6, 6.07) is 11.8. The highest BCUT2D eigenvalue weighted by Gasteiger charge is 2.39. The Kier molecular flexibility index (Phi) is 5.66. The van der Waals surface area contributed by atoms with Crippen LogP contribution in [0.2, 0.25) is 0 Å². The van der Waals surface area contributed by atoms with E-state index in [1.165, 1.54) is 33.0 Å². The maximum atomic E-state index is 14.2. The molecule has 0 spiro atoms. The fraction of sp³-hybridized carbons (Fsp3) is 0.222. The molecule has 0 bridgehead atoms. The van der Waals surface area contributed by atoms with Crippen molar-refractivity contribution >= 4 is 17.6 Å². The Hall–Kier alpha value is -3.29. The minimum Gasteiger partial charge on any atom is -0.425 e. The van der Waals surface area contributed by atoms with E-state index in [4.69, 9.17) is 4.74 Å². The van der Waals surface area contributed by atoms with Gasteiger partial charge >= 0.3 is 5.97 Å². The van der Waals surface area contributed by atoms with Gasteiger partial charge in [-0.25, -0.2) is 14.2 Å². The molecule has 0 heterocycles. The molecule has 0 aliphatic heterocycles. The van der Waals surface area contributed by atoms with Crippen molar-refractivity contribution in [3.63, 3.8) is 0 Å². The van der Waals surface area contributed by atoms with E-state index in [-0.39, 0.29) is 11.3 Å². The number of nitroso groups, excluding NO2 is 1. The summed E-state index contributed by atoms with van der Waals surface area (Å²) in [6.45, 7) is 2.84. The van der Waals surface area contributed by atoms with Crippen LogP contribution in [0.3, 0.4) is 0 Å². The van der Waals surface area contributed by atoms with Crippen LogP contribution in [0.25, 0.3) is 0 Å². The van der Waals surface area contributed by atoms with Crippen LogP contribution >= 0.6 is 0 Å². The summed E-state index contributed by atoms with van der Waals surface area (Å²) in [7, 11) is 1.37. The number of esters is 1. The standard InChI is InChI=1S/C18H18FN3O4/c1-18(2,17(24)26-13-7-5-4-6-8-13)22(21-25)12-9-10-14(15(19)11-12)16(23)20-3/h4-11H,1-3H3,(H,20,23). The molecule has 1 amide bonds. The van der Waals surface area contributed by atoms with Gasteiger partial charge in [-0.15, -0.1) is 4.91 Å². The average molecular weight is 359 g/mol. The van der Waals surface area contributed by atoms with Gasteiger partial charge in [0.05, 0.1) is 16.5 Å². The number of ether oxygens (including phenoxy) is 1. The lowest BCUT2D eigenvalue weighted by molar-refractivity contribution is -0.139. The molecule has 0 aliphatic rings. The maximum absolute atomic E-state index is 14.2. The molecule has 2 aromatic carbocycles. The number of para-hydroxylation sites is 1. The first-order valence-electron chi connectivity index (χ1n) is 7.73. The molecule has 0 saturated carbocycles. The maximum Gasteiger partial charge on any atom is 0.339 e. The molecule has 1 N–H and O–H groups in total. The average Bonchev–Trinajstić information content (AvgIpc) is 2.62. The van der Waals surface area contributed by atoms with E-state index in [2.05, 4.69) is 10.6 Å². The summed E-state index contributed by atoms with van der Waals surface area (Å²) in [6.07, 6.45) is 0. The Morgan fingerprint density at radius 2 is 1.81 bits per heavy atom. The zero-order chi connectivity index (χ0) is 19.3. The molecule has 0 aromatic heterocycles. The van der Waals surface area contributed by atoms with Crippen LogP contribution in [0.1, 0.15) is 24.2 Å². The zero-order valence-electron chi connectivity index (χ0n) is 14.5. The van der Waals surface area contributed by atoms with Crippen LogP contribution < -0.4 is 15.1 Å². The topological polar surface area (TPSA) is 88.1 Å². The third kappa shape index (κ3) is 3.85. The lowest BCUT2D eigenvalue weighted by Gasteiger charge is -2.31. The molecule has 0 radical (unpaired) electrons. The van der Waals surface area contributed by atoms with Gasteiger partial charge in [-0.1, -0.05) is 18.2 Å². The number of hydrogen-bond acceptors (Lipinski definition) is 5. The summed E-state index contributed by atoms with van der Waals surface area (Å²) in [5.74, 6) is -1.90. The molecule has 7 nitrogen and oxygen atoms in total. The molecule has 0 saturated heterocycles. The van der Waals surface area contributed by atoms with E-state index in [1.807, 2.05) is 0 Å². The smallest absolute Gasteiger partial charge is 0.339 e. The minimum atomic E-state index is -1.52. The van der Waals surface area contributed by atoms with E-state index in [1.54, 1.807) is 30.3 Å². The molecular formula is C18H18FN3O4. The first-order chi connectivity index (χ1) is 12.3. The molecular weight excluding hydrogens is 341 g/mol. The number of rotatable bonds is 6. The second-order valence-corrected chi connectivity index (χ2v) is 5.90. The van der Waals surface area contributed by atoms with E-state index in [9.17, 15) is 18.9 Å². The second-order valence-electron chi connectivity index (χ2n) is 5.90. The largest absolute Gasteiger partial charge is 0.425 e. The van der Waals surface area contributed by atoms with Gasteiger partial charge in [0.15, 0.2) is 5.54 Å². The van der Waals surface area contributed by atoms with Crippen LogP contribution in [0.15, 0.2) is 53.8 Å². The van der Waals surface area contributed by atoms with E-state index in [0.717, 1.165) is 11.1 Å². The number of amides is 1.